The minimum atomic E-state index is -0.185. The zero-order valence-corrected chi connectivity index (χ0v) is 10.3. The highest BCUT2D eigenvalue weighted by Crippen LogP contribution is 2.18. The normalized spacial score (nSPS) is 12.1. The summed E-state index contributed by atoms with van der Waals surface area (Å²) in [5.74, 6) is 0.0729. The molecule has 94 valence electrons. The average molecular weight is 228 g/mol. The van der Waals surface area contributed by atoms with Crippen LogP contribution in [0.4, 0.5) is 0 Å². The highest BCUT2D eigenvalue weighted by Gasteiger charge is 2.13. The molecule has 0 aliphatic carbocycles. The first kappa shape index (κ1) is 15.2. The van der Waals surface area contributed by atoms with E-state index in [1.807, 2.05) is 0 Å². The Morgan fingerprint density at radius 1 is 1.44 bits per heavy atom. The second-order valence-electron chi connectivity index (χ2n) is 4.05. The van der Waals surface area contributed by atoms with E-state index >= 15 is 0 Å². The third kappa shape index (κ3) is 8.48. The third-order valence-electron chi connectivity index (χ3n) is 2.57. The lowest BCUT2D eigenvalue weighted by molar-refractivity contribution is -0.143. The van der Waals surface area contributed by atoms with Gasteiger partial charge in [0.1, 0.15) is 6.61 Å². The van der Waals surface area contributed by atoms with Gasteiger partial charge in [-0.1, -0.05) is 38.8 Å². The summed E-state index contributed by atoms with van der Waals surface area (Å²) in [6.07, 6.45) is 7.14. The molecule has 0 aromatic rings. The summed E-state index contributed by atoms with van der Waals surface area (Å²) >= 11 is 0. The smallest absolute Gasteiger partial charge is 0.306 e. The van der Waals surface area contributed by atoms with Crippen LogP contribution in [0.25, 0.3) is 0 Å². The minimum absolute atomic E-state index is 0.144. The molecule has 0 rings (SSSR count). The van der Waals surface area contributed by atoms with E-state index in [0.29, 0.717) is 12.8 Å². The molecule has 1 atom stereocenters. The van der Waals surface area contributed by atoms with Gasteiger partial charge in [0.05, 0.1) is 0 Å². The Balaban J connectivity index is 3.81. The molecule has 0 saturated heterocycles. The number of hydrogen-bond donors (Lipinski definition) is 1. The van der Waals surface area contributed by atoms with Crippen molar-refractivity contribution in [3.8, 4) is 0 Å². The van der Waals surface area contributed by atoms with Crippen LogP contribution in [0.3, 0.4) is 0 Å². The summed E-state index contributed by atoms with van der Waals surface area (Å²) in [7, 11) is 0. The van der Waals surface area contributed by atoms with Crippen molar-refractivity contribution in [3.05, 3.63) is 12.7 Å². The van der Waals surface area contributed by atoms with E-state index in [2.05, 4.69) is 13.5 Å². The van der Waals surface area contributed by atoms with Gasteiger partial charge in [-0.05, 0) is 18.8 Å². The van der Waals surface area contributed by atoms with Gasteiger partial charge < -0.3 is 9.84 Å². The van der Waals surface area contributed by atoms with E-state index < -0.39 is 0 Å². The van der Waals surface area contributed by atoms with Crippen LogP contribution in [-0.4, -0.2) is 24.3 Å². The van der Waals surface area contributed by atoms with Gasteiger partial charge in [0.2, 0.25) is 0 Å². The van der Waals surface area contributed by atoms with Gasteiger partial charge in [-0.3, -0.25) is 4.79 Å². The molecule has 0 fully saturated rings. The van der Waals surface area contributed by atoms with Crippen LogP contribution in [0.1, 0.15) is 45.4 Å². The summed E-state index contributed by atoms with van der Waals surface area (Å²) < 4.78 is 4.94. The maximum absolute atomic E-state index is 11.4. The number of ether oxygens (including phenoxy) is 1. The SMILES string of the molecule is C=CCOC(=O)CC(CCO)CCCCC. The van der Waals surface area contributed by atoms with Gasteiger partial charge in [-0.25, -0.2) is 0 Å². The largest absolute Gasteiger partial charge is 0.461 e. The first-order chi connectivity index (χ1) is 7.74. The van der Waals surface area contributed by atoms with Crippen molar-refractivity contribution in [2.75, 3.05) is 13.2 Å². The van der Waals surface area contributed by atoms with Gasteiger partial charge >= 0.3 is 5.97 Å². The second kappa shape index (κ2) is 10.7. The van der Waals surface area contributed by atoms with Crippen LogP contribution >= 0.6 is 0 Å². The molecule has 3 nitrogen and oxygen atoms in total. The summed E-state index contributed by atoms with van der Waals surface area (Å²) in [6.45, 7) is 6.07. The van der Waals surface area contributed by atoms with Crippen molar-refractivity contribution in [1.82, 2.24) is 0 Å². The summed E-state index contributed by atoms with van der Waals surface area (Å²) in [6, 6.07) is 0. The summed E-state index contributed by atoms with van der Waals surface area (Å²) in [5.41, 5.74) is 0. The van der Waals surface area contributed by atoms with Gasteiger partial charge in [0.15, 0.2) is 0 Å². The van der Waals surface area contributed by atoms with Crippen molar-refractivity contribution in [3.63, 3.8) is 0 Å². The quantitative estimate of drug-likeness (QED) is 0.355. The molecule has 0 aliphatic heterocycles. The third-order valence-corrected chi connectivity index (χ3v) is 2.57. The molecule has 0 bridgehead atoms. The topological polar surface area (TPSA) is 46.5 Å². The molecule has 0 amide bonds. The number of hydrogen-bond acceptors (Lipinski definition) is 3. The molecular formula is C13H24O3. The lowest BCUT2D eigenvalue weighted by Gasteiger charge is -2.14. The first-order valence-corrected chi connectivity index (χ1v) is 6.12. The zero-order valence-electron chi connectivity index (χ0n) is 10.3. The van der Waals surface area contributed by atoms with E-state index in [9.17, 15) is 4.79 Å². The van der Waals surface area contributed by atoms with E-state index in [-0.39, 0.29) is 25.1 Å². The van der Waals surface area contributed by atoms with Crippen LogP contribution in [0.5, 0.6) is 0 Å². The molecule has 0 aromatic heterocycles. The molecule has 0 saturated carbocycles. The van der Waals surface area contributed by atoms with Crippen molar-refractivity contribution in [2.24, 2.45) is 5.92 Å². The monoisotopic (exact) mass is 228 g/mol. The molecule has 0 aromatic carbocycles. The Hall–Kier alpha value is -0.830. The molecule has 1 N–H and O–H groups in total. The molecule has 0 heterocycles. The minimum Gasteiger partial charge on any atom is -0.461 e. The lowest BCUT2D eigenvalue weighted by atomic mass is 9.95. The van der Waals surface area contributed by atoms with Crippen molar-refractivity contribution in [2.45, 2.75) is 45.4 Å². The average Bonchev–Trinajstić information content (AvgIpc) is 2.27. The molecule has 0 aliphatic rings. The van der Waals surface area contributed by atoms with Crippen LogP contribution in [0, 0.1) is 5.92 Å². The van der Waals surface area contributed by atoms with Crippen LogP contribution in [0.2, 0.25) is 0 Å². The highest BCUT2D eigenvalue weighted by molar-refractivity contribution is 5.69. The number of aliphatic hydroxyl groups excluding tert-OH is 1. The van der Waals surface area contributed by atoms with Crippen LogP contribution in [-0.2, 0) is 9.53 Å². The Bertz CT molecular complexity index is 190. The lowest BCUT2D eigenvalue weighted by Crippen LogP contribution is -2.13. The van der Waals surface area contributed by atoms with Crippen molar-refractivity contribution >= 4 is 5.97 Å². The van der Waals surface area contributed by atoms with Gasteiger partial charge in [-0.2, -0.15) is 0 Å². The predicted octanol–water partition coefficient (Wildman–Crippen LogP) is 2.68. The number of aliphatic hydroxyl groups is 1. The second-order valence-corrected chi connectivity index (χ2v) is 4.05. The van der Waals surface area contributed by atoms with E-state index in [4.69, 9.17) is 9.84 Å². The van der Waals surface area contributed by atoms with Crippen LogP contribution < -0.4 is 0 Å². The van der Waals surface area contributed by atoms with Crippen molar-refractivity contribution in [1.29, 1.82) is 0 Å². The predicted molar refractivity (Wildman–Crippen MR) is 65.1 cm³/mol. The maximum atomic E-state index is 11.4. The number of esters is 1. The Labute approximate surface area is 98.5 Å². The molecule has 1 unspecified atom stereocenters. The van der Waals surface area contributed by atoms with Crippen molar-refractivity contribution < 1.29 is 14.6 Å². The summed E-state index contributed by atoms with van der Waals surface area (Å²) in [5, 5.41) is 8.91. The van der Waals surface area contributed by atoms with E-state index in [0.717, 1.165) is 12.8 Å². The fourth-order valence-electron chi connectivity index (χ4n) is 1.66. The molecule has 3 heteroatoms. The highest BCUT2D eigenvalue weighted by atomic mass is 16.5. The zero-order chi connectivity index (χ0) is 12.2. The number of unbranched alkanes of at least 4 members (excludes halogenated alkanes) is 2. The van der Waals surface area contributed by atoms with Gasteiger partial charge in [0.25, 0.3) is 0 Å². The standard InChI is InChI=1S/C13H24O3/c1-3-5-6-7-12(8-9-14)11-13(15)16-10-4-2/h4,12,14H,2-3,5-11H2,1H3. The number of carbonyl (C=O) groups excluding carboxylic acids is 1. The summed E-state index contributed by atoms with van der Waals surface area (Å²) in [4.78, 5) is 11.4. The fraction of sp³-hybridized carbons (Fsp3) is 0.769. The fourth-order valence-corrected chi connectivity index (χ4v) is 1.66. The maximum Gasteiger partial charge on any atom is 0.306 e. The van der Waals surface area contributed by atoms with Gasteiger partial charge in [0, 0.05) is 13.0 Å². The molecule has 16 heavy (non-hydrogen) atoms. The van der Waals surface area contributed by atoms with Crippen LogP contribution in [0.15, 0.2) is 12.7 Å². The Morgan fingerprint density at radius 3 is 2.75 bits per heavy atom. The number of carbonyl (C=O) groups is 1. The Kier molecular flexibility index (Phi) is 10.1. The van der Waals surface area contributed by atoms with Gasteiger partial charge in [-0.15, -0.1) is 0 Å². The molecule has 0 spiro atoms. The Morgan fingerprint density at radius 2 is 2.19 bits per heavy atom. The van der Waals surface area contributed by atoms with E-state index in [1.54, 1.807) is 6.08 Å². The van der Waals surface area contributed by atoms with E-state index in [1.165, 1.54) is 12.8 Å². The molecule has 0 radical (unpaired) electrons. The number of rotatable bonds is 10. The molecular weight excluding hydrogens is 204 g/mol. The first-order valence-electron chi connectivity index (χ1n) is 6.12.